The minimum Gasteiger partial charge on any atom is -0.493 e. The molecule has 5 nitrogen and oxygen atoms in total. The van der Waals surface area contributed by atoms with Crippen LogP contribution in [-0.4, -0.2) is 36.8 Å². The highest BCUT2D eigenvalue weighted by Crippen LogP contribution is 2.40. The summed E-state index contributed by atoms with van der Waals surface area (Å²) in [5.41, 5.74) is 5.59. The quantitative estimate of drug-likeness (QED) is 0.416. The number of ether oxygens (including phenoxy) is 2. The largest absolute Gasteiger partial charge is 0.493 e. The molecule has 0 saturated carbocycles. The van der Waals surface area contributed by atoms with Crippen LogP contribution in [0.1, 0.15) is 35.2 Å². The van der Waals surface area contributed by atoms with E-state index in [2.05, 4.69) is 53.6 Å². The van der Waals surface area contributed by atoms with Crippen molar-refractivity contribution in [2.45, 2.75) is 38.9 Å². The van der Waals surface area contributed by atoms with E-state index in [4.69, 9.17) is 21.7 Å². The average Bonchev–Trinajstić information content (AvgIpc) is 2.84. The molecule has 0 aliphatic carbocycles. The zero-order valence-electron chi connectivity index (χ0n) is 20.6. The summed E-state index contributed by atoms with van der Waals surface area (Å²) >= 11 is 5.67. The van der Waals surface area contributed by atoms with Crippen LogP contribution >= 0.6 is 12.2 Å². The second-order valence-electron chi connectivity index (χ2n) is 8.95. The van der Waals surface area contributed by atoms with Crippen LogP contribution < -0.4 is 20.1 Å². The van der Waals surface area contributed by atoms with Gasteiger partial charge in [0.25, 0.3) is 0 Å². The van der Waals surface area contributed by atoms with Crippen LogP contribution in [0.5, 0.6) is 11.5 Å². The molecular weight excluding hydrogens is 461 g/mol. The first-order valence-corrected chi connectivity index (χ1v) is 12.2. The third-order valence-electron chi connectivity index (χ3n) is 6.43. The predicted octanol–water partition coefficient (Wildman–Crippen LogP) is 5.63. The lowest BCUT2D eigenvalue weighted by Crippen LogP contribution is -2.48. The van der Waals surface area contributed by atoms with E-state index >= 15 is 0 Å². The fraction of sp³-hybridized carbons (Fsp3) is 0.321. The van der Waals surface area contributed by atoms with Crippen molar-refractivity contribution in [2.24, 2.45) is 0 Å². The highest BCUT2D eigenvalue weighted by atomic mass is 32.1. The average molecular weight is 494 g/mol. The summed E-state index contributed by atoms with van der Waals surface area (Å²) in [5.74, 6) is 1.20. The van der Waals surface area contributed by atoms with E-state index in [0.717, 1.165) is 30.0 Å². The fourth-order valence-electron chi connectivity index (χ4n) is 4.79. The predicted molar refractivity (Wildman–Crippen MR) is 143 cm³/mol. The molecule has 3 aromatic rings. The molecule has 0 radical (unpaired) electrons. The second-order valence-corrected chi connectivity index (χ2v) is 9.36. The molecule has 2 atom stereocenters. The van der Waals surface area contributed by atoms with Crippen molar-refractivity contribution in [3.8, 4) is 11.5 Å². The number of nitrogens with zero attached hydrogens (tertiary/aromatic N) is 1. The molecule has 0 bridgehead atoms. The Bertz CT molecular complexity index is 1190. The van der Waals surface area contributed by atoms with Gasteiger partial charge in [-0.3, -0.25) is 4.90 Å². The van der Waals surface area contributed by atoms with Gasteiger partial charge in [-0.05, 0) is 91.1 Å². The standard InChI is InChI=1S/C28H32FN3O2S/c1-18-6-5-7-23(14-18)31-28(35)30-19(2)27-24-16-26(34-4)25(33-3)15-21(24)12-13-32(27)17-20-8-10-22(29)11-9-20/h5-11,14-16,19,27H,12-13,17H2,1-4H3,(H2,30,31,35). The third-order valence-corrected chi connectivity index (χ3v) is 6.65. The SMILES string of the molecule is COc1cc2c(cc1OC)C(C(C)NC(=S)Nc1cccc(C)c1)N(Cc1ccc(F)cc1)CC2. The molecule has 35 heavy (non-hydrogen) atoms. The van der Waals surface area contributed by atoms with Crippen LogP contribution in [0.4, 0.5) is 10.1 Å². The van der Waals surface area contributed by atoms with Crippen molar-refractivity contribution in [1.82, 2.24) is 10.2 Å². The molecule has 0 fully saturated rings. The maximum absolute atomic E-state index is 13.5. The zero-order chi connectivity index (χ0) is 24.9. The van der Waals surface area contributed by atoms with Gasteiger partial charge in [-0.15, -0.1) is 0 Å². The van der Waals surface area contributed by atoms with Crippen molar-refractivity contribution in [1.29, 1.82) is 0 Å². The third kappa shape index (κ3) is 5.92. The smallest absolute Gasteiger partial charge is 0.171 e. The van der Waals surface area contributed by atoms with Crippen molar-refractivity contribution >= 4 is 23.0 Å². The lowest BCUT2D eigenvalue weighted by Gasteiger charge is -2.41. The van der Waals surface area contributed by atoms with E-state index < -0.39 is 0 Å². The Morgan fingerprint density at radius 2 is 1.80 bits per heavy atom. The first-order chi connectivity index (χ1) is 16.9. The molecule has 7 heteroatoms. The van der Waals surface area contributed by atoms with E-state index in [0.29, 0.717) is 17.4 Å². The van der Waals surface area contributed by atoms with Gasteiger partial charge < -0.3 is 20.1 Å². The summed E-state index contributed by atoms with van der Waals surface area (Å²) in [4.78, 5) is 2.41. The van der Waals surface area contributed by atoms with Gasteiger partial charge >= 0.3 is 0 Å². The van der Waals surface area contributed by atoms with Gasteiger partial charge in [0, 0.05) is 24.8 Å². The first-order valence-electron chi connectivity index (χ1n) is 11.8. The maximum Gasteiger partial charge on any atom is 0.171 e. The Kier molecular flexibility index (Phi) is 7.88. The summed E-state index contributed by atoms with van der Waals surface area (Å²) in [6, 6.07) is 19.0. The number of aryl methyl sites for hydroxylation is 1. The molecule has 2 N–H and O–H groups in total. The van der Waals surface area contributed by atoms with Gasteiger partial charge in [0.1, 0.15) is 5.82 Å². The second kappa shape index (κ2) is 11.1. The van der Waals surface area contributed by atoms with Crippen LogP contribution in [0.25, 0.3) is 0 Å². The Labute approximate surface area is 212 Å². The molecule has 3 aromatic carbocycles. The molecule has 1 aliphatic rings. The minimum absolute atomic E-state index is 0.0147. The monoisotopic (exact) mass is 493 g/mol. The lowest BCUT2D eigenvalue weighted by atomic mass is 9.87. The van der Waals surface area contributed by atoms with Gasteiger partial charge in [0.15, 0.2) is 16.6 Å². The number of benzene rings is 3. The molecule has 1 aliphatic heterocycles. The molecule has 1 heterocycles. The minimum atomic E-state index is -0.228. The van der Waals surface area contributed by atoms with Crippen LogP contribution in [0.15, 0.2) is 60.7 Å². The molecule has 2 unspecified atom stereocenters. The topological polar surface area (TPSA) is 45.8 Å². The molecule has 4 rings (SSSR count). The molecule has 0 aromatic heterocycles. The number of thiocarbonyl (C=S) groups is 1. The highest BCUT2D eigenvalue weighted by molar-refractivity contribution is 7.80. The maximum atomic E-state index is 13.5. The first kappa shape index (κ1) is 24.9. The van der Waals surface area contributed by atoms with E-state index in [1.54, 1.807) is 14.2 Å². The number of hydrogen-bond acceptors (Lipinski definition) is 4. The number of methoxy groups -OCH3 is 2. The Morgan fingerprint density at radius 1 is 1.09 bits per heavy atom. The number of nitrogens with one attached hydrogen (secondary N) is 2. The van der Waals surface area contributed by atoms with Crippen molar-refractivity contribution < 1.29 is 13.9 Å². The Hall–Kier alpha value is -3.16. The normalized spacial score (nSPS) is 16.2. The fourth-order valence-corrected chi connectivity index (χ4v) is 5.10. The Balaban J connectivity index is 1.62. The molecule has 184 valence electrons. The highest BCUT2D eigenvalue weighted by Gasteiger charge is 2.33. The van der Waals surface area contributed by atoms with Gasteiger partial charge in [0.05, 0.1) is 20.3 Å². The van der Waals surface area contributed by atoms with E-state index in [1.165, 1.54) is 28.8 Å². The van der Waals surface area contributed by atoms with Crippen LogP contribution in [0.2, 0.25) is 0 Å². The van der Waals surface area contributed by atoms with E-state index in [1.807, 2.05) is 24.3 Å². The molecule has 0 saturated heterocycles. The van der Waals surface area contributed by atoms with E-state index in [-0.39, 0.29) is 17.9 Å². The van der Waals surface area contributed by atoms with Crippen LogP contribution in [-0.2, 0) is 13.0 Å². The van der Waals surface area contributed by atoms with Gasteiger partial charge in [-0.2, -0.15) is 0 Å². The summed E-state index contributed by atoms with van der Waals surface area (Å²) in [5, 5.41) is 7.37. The summed E-state index contributed by atoms with van der Waals surface area (Å²) in [6.45, 7) is 5.74. The number of fused-ring (bicyclic) bond motifs is 1. The van der Waals surface area contributed by atoms with Gasteiger partial charge in [-0.1, -0.05) is 24.3 Å². The molecule has 0 spiro atoms. The number of halogens is 1. The van der Waals surface area contributed by atoms with E-state index in [9.17, 15) is 4.39 Å². The van der Waals surface area contributed by atoms with Crippen molar-refractivity contribution in [3.63, 3.8) is 0 Å². The number of anilines is 1. The summed E-state index contributed by atoms with van der Waals surface area (Å²) in [7, 11) is 3.31. The number of rotatable bonds is 7. The van der Waals surface area contributed by atoms with Gasteiger partial charge in [0.2, 0.25) is 0 Å². The summed E-state index contributed by atoms with van der Waals surface area (Å²) in [6.07, 6.45) is 0.881. The molecule has 0 amide bonds. The van der Waals surface area contributed by atoms with Gasteiger partial charge in [-0.25, -0.2) is 4.39 Å². The number of hydrogen-bond donors (Lipinski definition) is 2. The molecular formula is C28H32FN3O2S. The van der Waals surface area contributed by atoms with Crippen molar-refractivity contribution in [3.05, 3.63) is 88.7 Å². The van der Waals surface area contributed by atoms with Crippen LogP contribution in [0.3, 0.4) is 0 Å². The Morgan fingerprint density at radius 3 is 2.49 bits per heavy atom. The van der Waals surface area contributed by atoms with Crippen LogP contribution in [0, 0.1) is 12.7 Å². The van der Waals surface area contributed by atoms with Crippen molar-refractivity contribution in [2.75, 3.05) is 26.1 Å². The zero-order valence-corrected chi connectivity index (χ0v) is 21.4. The lowest BCUT2D eigenvalue weighted by molar-refractivity contribution is 0.149. The summed E-state index contributed by atoms with van der Waals surface area (Å²) < 4.78 is 24.7.